The van der Waals surface area contributed by atoms with Crippen LogP contribution < -0.4 is 15.4 Å². The fourth-order valence-corrected chi connectivity index (χ4v) is 3.58. The molecule has 13 heteroatoms. The second-order valence-corrected chi connectivity index (χ2v) is 7.78. The number of rotatable bonds is 9. The SMILES string of the molecule is O=C(NCCCCOc1nccc(C(F)(F)F)c1C1CNCCO1)c1cc([N+](=O)[O-])ccc1Cl. The van der Waals surface area contributed by atoms with Crippen LogP contribution in [-0.4, -0.2) is 48.7 Å². The minimum absolute atomic E-state index is 0.0222. The lowest BCUT2D eigenvalue weighted by molar-refractivity contribution is -0.384. The Morgan fingerprint density at radius 3 is 2.82 bits per heavy atom. The maximum Gasteiger partial charge on any atom is 0.417 e. The van der Waals surface area contributed by atoms with Gasteiger partial charge in [0.15, 0.2) is 0 Å². The molecule has 1 fully saturated rings. The first kappa shape index (κ1) is 25.7. The Balaban J connectivity index is 1.55. The molecule has 1 aliphatic heterocycles. The molecule has 1 aromatic carbocycles. The number of non-ortho nitro benzene ring substituents is 1. The minimum Gasteiger partial charge on any atom is -0.477 e. The van der Waals surface area contributed by atoms with Crippen LogP contribution in [0.25, 0.3) is 0 Å². The van der Waals surface area contributed by atoms with Crippen molar-refractivity contribution in [2.45, 2.75) is 25.1 Å². The number of pyridine rings is 1. The van der Waals surface area contributed by atoms with Gasteiger partial charge >= 0.3 is 6.18 Å². The van der Waals surface area contributed by atoms with E-state index in [9.17, 15) is 28.1 Å². The van der Waals surface area contributed by atoms with Gasteiger partial charge in [-0.3, -0.25) is 14.9 Å². The molecule has 0 saturated carbocycles. The number of halogens is 4. The number of amides is 1. The molecule has 34 heavy (non-hydrogen) atoms. The maximum absolute atomic E-state index is 13.5. The summed E-state index contributed by atoms with van der Waals surface area (Å²) in [6.45, 7) is 1.29. The first-order valence-corrected chi connectivity index (χ1v) is 10.8. The highest BCUT2D eigenvalue weighted by Crippen LogP contribution is 2.39. The van der Waals surface area contributed by atoms with Gasteiger partial charge in [-0.2, -0.15) is 13.2 Å². The van der Waals surface area contributed by atoms with Crippen LogP contribution in [0.1, 0.15) is 40.4 Å². The van der Waals surface area contributed by atoms with Crippen LogP contribution in [0.2, 0.25) is 5.02 Å². The molecule has 1 unspecified atom stereocenters. The summed E-state index contributed by atoms with van der Waals surface area (Å²) in [6.07, 6.45) is -3.54. The van der Waals surface area contributed by atoms with E-state index in [0.29, 0.717) is 19.4 Å². The number of morpholine rings is 1. The van der Waals surface area contributed by atoms with Gasteiger partial charge in [0.05, 0.1) is 39.9 Å². The predicted octanol–water partition coefficient (Wildman–Crippen LogP) is 3.91. The molecule has 3 rings (SSSR count). The van der Waals surface area contributed by atoms with Crippen molar-refractivity contribution in [3.05, 3.63) is 62.3 Å². The van der Waals surface area contributed by atoms with Crippen molar-refractivity contribution in [3.63, 3.8) is 0 Å². The number of nitrogens with zero attached hydrogens (tertiary/aromatic N) is 2. The van der Waals surface area contributed by atoms with E-state index in [-0.39, 0.29) is 54.0 Å². The van der Waals surface area contributed by atoms with Gasteiger partial charge in [0.25, 0.3) is 11.6 Å². The van der Waals surface area contributed by atoms with E-state index in [1.54, 1.807) is 0 Å². The molecule has 0 spiro atoms. The Kier molecular flexibility index (Phi) is 8.64. The number of nitrogens with one attached hydrogen (secondary N) is 2. The van der Waals surface area contributed by atoms with Gasteiger partial charge in [-0.05, 0) is 25.0 Å². The molecule has 1 amide bonds. The van der Waals surface area contributed by atoms with Crippen LogP contribution in [0, 0.1) is 10.1 Å². The third-order valence-corrected chi connectivity index (χ3v) is 5.34. The minimum atomic E-state index is -4.59. The number of ether oxygens (including phenoxy) is 2. The van der Waals surface area contributed by atoms with Gasteiger partial charge in [0.2, 0.25) is 5.88 Å². The van der Waals surface area contributed by atoms with Gasteiger partial charge in [-0.15, -0.1) is 0 Å². The molecule has 184 valence electrons. The van der Waals surface area contributed by atoms with Gasteiger partial charge in [0.1, 0.15) is 6.10 Å². The average molecular weight is 503 g/mol. The molecule has 2 heterocycles. The molecule has 2 N–H and O–H groups in total. The number of hydrogen-bond donors (Lipinski definition) is 2. The molecule has 0 radical (unpaired) electrons. The fourth-order valence-electron chi connectivity index (χ4n) is 3.37. The summed E-state index contributed by atoms with van der Waals surface area (Å²) in [5.41, 5.74) is -1.28. The molecule has 0 aliphatic carbocycles. The Morgan fingerprint density at radius 2 is 2.15 bits per heavy atom. The molecule has 1 aliphatic rings. The van der Waals surface area contributed by atoms with E-state index >= 15 is 0 Å². The molecule has 1 saturated heterocycles. The summed E-state index contributed by atoms with van der Waals surface area (Å²) in [5.74, 6) is -0.714. The Hall–Kier alpha value is -2.96. The molecule has 1 atom stereocenters. The molecular formula is C21H22ClF3N4O5. The fraction of sp³-hybridized carbons (Fsp3) is 0.429. The number of benzene rings is 1. The summed E-state index contributed by atoms with van der Waals surface area (Å²) in [5, 5.41) is 16.6. The van der Waals surface area contributed by atoms with Crippen molar-refractivity contribution < 1.29 is 32.4 Å². The van der Waals surface area contributed by atoms with E-state index in [1.165, 1.54) is 12.1 Å². The zero-order valence-corrected chi connectivity index (χ0v) is 18.6. The third kappa shape index (κ3) is 6.55. The number of nitro benzene ring substituents is 1. The third-order valence-electron chi connectivity index (χ3n) is 5.01. The van der Waals surface area contributed by atoms with E-state index in [1.807, 2.05) is 0 Å². The number of carbonyl (C=O) groups is 1. The topological polar surface area (TPSA) is 116 Å². The number of unbranched alkanes of at least 4 members (excludes halogenated alkanes) is 1. The smallest absolute Gasteiger partial charge is 0.417 e. The van der Waals surface area contributed by atoms with Crippen LogP contribution in [0.3, 0.4) is 0 Å². The molecule has 0 bridgehead atoms. The summed E-state index contributed by atoms with van der Waals surface area (Å²) >= 11 is 5.94. The van der Waals surface area contributed by atoms with Crippen LogP contribution in [0.5, 0.6) is 5.88 Å². The van der Waals surface area contributed by atoms with Crippen molar-refractivity contribution in [2.75, 3.05) is 32.8 Å². The largest absolute Gasteiger partial charge is 0.477 e. The number of nitro groups is 1. The van der Waals surface area contributed by atoms with Crippen LogP contribution in [0.15, 0.2) is 30.5 Å². The van der Waals surface area contributed by atoms with Crippen LogP contribution in [0.4, 0.5) is 18.9 Å². The highest BCUT2D eigenvalue weighted by Gasteiger charge is 2.38. The summed E-state index contributed by atoms with van der Waals surface area (Å²) < 4.78 is 51.7. The maximum atomic E-state index is 13.5. The highest BCUT2D eigenvalue weighted by atomic mass is 35.5. The summed E-state index contributed by atoms with van der Waals surface area (Å²) in [6, 6.07) is 4.45. The van der Waals surface area contributed by atoms with Crippen molar-refractivity contribution in [1.29, 1.82) is 0 Å². The second kappa shape index (κ2) is 11.4. The number of carbonyl (C=O) groups excluding carboxylic acids is 1. The van der Waals surface area contributed by atoms with Gasteiger partial charge in [0, 0.05) is 38.0 Å². The van der Waals surface area contributed by atoms with Gasteiger partial charge in [-0.1, -0.05) is 11.6 Å². The van der Waals surface area contributed by atoms with Crippen LogP contribution >= 0.6 is 11.6 Å². The summed E-state index contributed by atoms with van der Waals surface area (Å²) in [4.78, 5) is 26.5. The molecule has 1 aromatic heterocycles. The van der Waals surface area contributed by atoms with Crippen molar-refractivity contribution in [3.8, 4) is 5.88 Å². The van der Waals surface area contributed by atoms with Gasteiger partial charge in [-0.25, -0.2) is 4.98 Å². The number of aromatic nitrogens is 1. The van der Waals surface area contributed by atoms with E-state index < -0.39 is 28.7 Å². The van der Waals surface area contributed by atoms with E-state index in [4.69, 9.17) is 21.1 Å². The standard InChI is InChI=1S/C21H22ClF3N4O5/c22-16-4-3-13(29(31)32)11-14(16)19(30)27-6-1-2-9-34-20-18(17-12-26-8-10-33-17)15(5-7-28-20)21(23,24)25/h3-5,7,11,17,26H,1-2,6,8-10,12H2,(H,27,30). The normalized spacial score (nSPS) is 16.2. The lowest BCUT2D eigenvalue weighted by atomic mass is 10.0. The molecule has 9 nitrogen and oxygen atoms in total. The quantitative estimate of drug-likeness (QED) is 0.303. The Bertz CT molecular complexity index is 1030. The average Bonchev–Trinajstić information content (AvgIpc) is 2.81. The van der Waals surface area contributed by atoms with Crippen molar-refractivity contribution in [2.24, 2.45) is 0 Å². The van der Waals surface area contributed by atoms with E-state index in [2.05, 4.69) is 15.6 Å². The lowest BCUT2D eigenvalue weighted by Crippen LogP contribution is -2.34. The lowest BCUT2D eigenvalue weighted by Gasteiger charge is -2.27. The highest BCUT2D eigenvalue weighted by molar-refractivity contribution is 6.33. The van der Waals surface area contributed by atoms with Gasteiger partial charge < -0.3 is 20.1 Å². The second-order valence-electron chi connectivity index (χ2n) is 7.37. The predicted molar refractivity (Wildman–Crippen MR) is 116 cm³/mol. The summed E-state index contributed by atoms with van der Waals surface area (Å²) in [7, 11) is 0. The first-order chi connectivity index (χ1) is 16.2. The number of alkyl halides is 3. The zero-order valence-electron chi connectivity index (χ0n) is 17.9. The molecular weight excluding hydrogens is 481 g/mol. The Labute approximate surface area is 197 Å². The van der Waals surface area contributed by atoms with Crippen LogP contribution in [-0.2, 0) is 10.9 Å². The molecule has 2 aromatic rings. The zero-order chi connectivity index (χ0) is 24.7. The van der Waals surface area contributed by atoms with Crippen molar-refractivity contribution in [1.82, 2.24) is 15.6 Å². The monoisotopic (exact) mass is 502 g/mol. The van der Waals surface area contributed by atoms with E-state index in [0.717, 1.165) is 18.3 Å². The first-order valence-electron chi connectivity index (χ1n) is 10.4. The number of hydrogen-bond acceptors (Lipinski definition) is 7. The van der Waals surface area contributed by atoms with Crippen molar-refractivity contribution >= 4 is 23.2 Å². The Morgan fingerprint density at radius 1 is 1.35 bits per heavy atom.